The lowest BCUT2D eigenvalue weighted by molar-refractivity contribution is 0.141. The molecule has 1 N–H and O–H groups in total. The molecule has 0 aliphatic carbocycles. The Bertz CT molecular complexity index is 325. The van der Waals surface area contributed by atoms with E-state index in [1.165, 1.54) is 25.8 Å². The molecule has 0 aromatic heterocycles. The zero-order chi connectivity index (χ0) is 14.2. The number of carbonyl (C=O) groups is 1. The van der Waals surface area contributed by atoms with Crippen LogP contribution in [-0.4, -0.2) is 61.3 Å². The fraction of sp³-hybridized carbons (Fsp3) is 0.800. The highest BCUT2D eigenvalue weighted by Gasteiger charge is 2.21. The largest absolute Gasteiger partial charge is 0.444 e. The van der Waals surface area contributed by atoms with Crippen LogP contribution in [0.15, 0.2) is 12.3 Å². The molecule has 1 atom stereocenters. The van der Waals surface area contributed by atoms with Crippen molar-refractivity contribution in [3.05, 3.63) is 12.3 Å². The Hall–Kier alpha value is -1.23. The Balaban J connectivity index is 1.58. The third-order valence-electron chi connectivity index (χ3n) is 3.95. The van der Waals surface area contributed by atoms with E-state index in [0.717, 1.165) is 32.6 Å². The summed E-state index contributed by atoms with van der Waals surface area (Å²) in [5.41, 5.74) is 0. The molecular formula is C15H27N3O2. The Morgan fingerprint density at radius 3 is 2.75 bits per heavy atom. The first kappa shape index (κ1) is 15.2. The SMILES string of the molecule is CCCCCN1CCN(C=CCC2CNC(=O)O2)CC1. The first-order valence-electron chi connectivity index (χ1n) is 7.85. The number of carbonyl (C=O) groups excluding carboxylic acids is 1. The molecule has 0 saturated carbocycles. The highest BCUT2D eigenvalue weighted by atomic mass is 16.6. The molecule has 0 radical (unpaired) electrons. The Morgan fingerprint density at radius 2 is 2.10 bits per heavy atom. The van der Waals surface area contributed by atoms with Crippen LogP contribution in [0.4, 0.5) is 4.79 Å². The van der Waals surface area contributed by atoms with Crippen LogP contribution >= 0.6 is 0 Å². The van der Waals surface area contributed by atoms with Crippen LogP contribution in [-0.2, 0) is 4.74 Å². The number of rotatable bonds is 7. The summed E-state index contributed by atoms with van der Waals surface area (Å²) in [5, 5.41) is 2.67. The molecule has 0 spiro atoms. The Labute approximate surface area is 121 Å². The molecule has 1 amide bonds. The van der Waals surface area contributed by atoms with Crippen molar-refractivity contribution >= 4 is 6.09 Å². The van der Waals surface area contributed by atoms with Crippen molar-refractivity contribution in [1.29, 1.82) is 0 Å². The molecule has 0 aromatic rings. The Morgan fingerprint density at radius 1 is 1.30 bits per heavy atom. The molecular weight excluding hydrogens is 254 g/mol. The van der Waals surface area contributed by atoms with Gasteiger partial charge in [0, 0.05) is 32.6 Å². The zero-order valence-corrected chi connectivity index (χ0v) is 12.5. The van der Waals surface area contributed by atoms with Crippen LogP contribution < -0.4 is 5.32 Å². The van der Waals surface area contributed by atoms with Gasteiger partial charge >= 0.3 is 6.09 Å². The monoisotopic (exact) mass is 281 g/mol. The highest BCUT2D eigenvalue weighted by Crippen LogP contribution is 2.08. The predicted octanol–water partition coefficient (Wildman–Crippen LogP) is 1.81. The molecule has 2 heterocycles. The first-order valence-corrected chi connectivity index (χ1v) is 7.85. The quantitative estimate of drug-likeness (QED) is 0.723. The number of piperazine rings is 1. The molecule has 20 heavy (non-hydrogen) atoms. The summed E-state index contributed by atoms with van der Waals surface area (Å²) >= 11 is 0. The summed E-state index contributed by atoms with van der Waals surface area (Å²) in [5.74, 6) is 0. The smallest absolute Gasteiger partial charge is 0.407 e. The van der Waals surface area contributed by atoms with Gasteiger partial charge in [-0.3, -0.25) is 4.90 Å². The summed E-state index contributed by atoms with van der Waals surface area (Å²) in [4.78, 5) is 15.8. The van der Waals surface area contributed by atoms with Crippen LogP contribution in [0.5, 0.6) is 0 Å². The number of nitrogens with zero attached hydrogens (tertiary/aromatic N) is 2. The molecule has 2 aliphatic rings. The Kier molecular flexibility index (Phi) is 6.18. The molecule has 2 aliphatic heterocycles. The number of hydrogen-bond acceptors (Lipinski definition) is 4. The van der Waals surface area contributed by atoms with Crippen LogP contribution in [0, 0.1) is 0 Å². The van der Waals surface area contributed by atoms with Crippen molar-refractivity contribution in [2.75, 3.05) is 39.3 Å². The minimum absolute atomic E-state index is 0.00841. The maximum atomic E-state index is 10.9. The van der Waals surface area contributed by atoms with Crippen LogP contribution in [0.2, 0.25) is 0 Å². The molecule has 5 heteroatoms. The second-order valence-electron chi connectivity index (χ2n) is 5.61. The number of alkyl carbamates (subject to hydrolysis) is 1. The van der Waals surface area contributed by atoms with Crippen LogP contribution in [0.1, 0.15) is 32.6 Å². The molecule has 2 saturated heterocycles. The number of hydrogen-bond donors (Lipinski definition) is 1. The van der Waals surface area contributed by atoms with Gasteiger partial charge in [0.05, 0.1) is 6.54 Å². The number of amides is 1. The normalized spacial score (nSPS) is 24.1. The lowest BCUT2D eigenvalue weighted by Gasteiger charge is -2.34. The number of unbranched alkanes of at least 4 members (excludes halogenated alkanes) is 2. The maximum absolute atomic E-state index is 10.9. The number of nitrogens with one attached hydrogen (secondary N) is 1. The van der Waals surface area contributed by atoms with Crippen molar-refractivity contribution < 1.29 is 9.53 Å². The van der Waals surface area contributed by atoms with Gasteiger partial charge in [-0.25, -0.2) is 4.79 Å². The van der Waals surface area contributed by atoms with E-state index in [1.54, 1.807) is 0 Å². The van der Waals surface area contributed by atoms with Crippen molar-refractivity contribution in [2.45, 2.75) is 38.7 Å². The van der Waals surface area contributed by atoms with Gasteiger partial charge in [-0.2, -0.15) is 0 Å². The second-order valence-corrected chi connectivity index (χ2v) is 5.61. The zero-order valence-electron chi connectivity index (χ0n) is 12.5. The fourth-order valence-corrected chi connectivity index (χ4v) is 2.65. The third kappa shape index (κ3) is 5.04. The minimum Gasteiger partial charge on any atom is -0.444 e. The van der Waals surface area contributed by atoms with Gasteiger partial charge in [-0.1, -0.05) is 25.8 Å². The van der Waals surface area contributed by atoms with Crippen molar-refractivity contribution in [1.82, 2.24) is 15.1 Å². The van der Waals surface area contributed by atoms with E-state index in [2.05, 4.69) is 34.3 Å². The topological polar surface area (TPSA) is 44.8 Å². The van der Waals surface area contributed by atoms with Crippen molar-refractivity contribution in [2.24, 2.45) is 0 Å². The van der Waals surface area contributed by atoms with E-state index in [9.17, 15) is 4.79 Å². The van der Waals surface area contributed by atoms with Crippen LogP contribution in [0.3, 0.4) is 0 Å². The number of ether oxygens (including phenoxy) is 1. The third-order valence-corrected chi connectivity index (χ3v) is 3.95. The summed E-state index contributed by atoms with van der Waals surface area (Å²) in [6.45, 7) is 8.65. The average Bonchev–Trinajstić information content (AvgIpc) is 2.87. The van der Waals surface area contributed by atoms with E-state index >= 15 is 0 Å². The fourth-order valence-electron chi connectivity index (χ4n) is 2.65. The maximum Gasteiger partial charge on any atom is 0.407 e. The standard InChI is InChI=1S/C15H27N3O2/c1-2-3-4-7-17-9-11-18(12-10-17)8-5-6-14-13-16-15(19)20-14/h5,8,14H,2-4,6-7,9-13H2,1H3,(H,16,19). The first-order chi connectivity index (χ1) is 9.78. The number of cyclic esters (lactones) is 1. The lowest BCUT2D eigenvalue weighted by atomic mass is 10.2. The average molecular weight is 281 g/mol. The molecule has 5 nitrogen and oxygen atoms in total. The van der Waals surface area contributed by atoms with Gasteiger partial charge in [0.2, 0.25) is 0 Å². The highest BCUT2D eigenvalue weighted by molar-refractivity contribution is 5.69. The van der Waals surface area contributed by atoms with E-state index in [4.69, 9.17) is 4.74 Å². The summed E-state index contributed by atoms with van der Waals surface area (Å²) in [6, 6.07) is 0. The van der Waals surface area contributed by atoms with E-state index in [-0.39, 0.29) is 12.2 Å². The van der Waals surface area contributed by atoms with Crippen molar-refractivity contribution in [3.8, 4) is 0 Å². The summed E-state index contributed by atoms with van der Waals surface area (Å²) in [6.07, 6.45) is 8.77. The van der Waals surface area contributed by atoms with Gasteiger partial charge in [0.15, 0.2) is 0 Å². The van der Waals surface area contributed by atoms with E-state index < -0.39 is 0 Å². The van der Waals surface area contributed by atoms with Crippen LogP contribution in [0.25, 0.3) is 0 Å². The van der Waals surface area contributed by atoms with E-state index in [0.29, 0.717) is 6.54 Å². The van der Waals surface area contributed by atoms with Gasteiger partial charge in [0.25, 0.3) is 0 Å². The molecule has 0 bridgehead atoms. The van der Waals surface area contributed by atoms with Gasteiger partial charge < -0.3 is 15.0 Å². The predicted molar refractivity (Wildman–Crippen MR) is 79.6 cm³/mol. The van der Waals surface area contributed by atoms with Gasteiger partial charge in [0.1, 0.15) is 6.10 Å². The van der Waals surface area contributed by atoms with Crippen molar-refractivity contribution in [3.63, 3.8) is 0 Å². The molecule has 1 unspecified atom stereocenters. The molecule has 2 fully saturated rings. The summed E-state index contributed by atoms with van der Waals surface area (Å²) in [7, 11) is 0. The van der Waals surface area contributed by atoms with E-state index in [1.807, 2.05) is 0 Å². The summed E-state index contributed by atoms with van der Waals surface area (Å²) < 4.78 is 5.09. The van der Waals surface area contributed by atoms with Gasteiger partial charge in [-0.05, 0) is 19.2 Å². The molecule has 2 rings (SSSR count). The minimum atomic E-state index is -0.288. The lowest BCUT2D eigenvalue weighted by Crippen LogP contribution is -2.44. The molecule has 0 aromatic carbocycles. The van der Waals surface area contributed by atoms with Gasteiger partial charge in [-0.15, -0.1) is 0 Å². The molecule has 114 valence electrons. The second kappa shape index (κ2) is 8.15.